The van der Waals surface area contributed by atoms with Crippen LogP contribution in [0.3, 0.4) is 0 Å². The van der Waals surface area contributed by atoms with Gasteiger partial charge in [-0.1, -0.05) is 41.0 Å². The number of benzene rings is 3. The minimum Gasteiger partial charge on any atom is -0.539 e. The number of hydrogen-bond acceptors (Lipinski definition) is 16. The number of carbonyl (C=O) groups excluding carboxylic acids is 5. The smallest absolute Gasteiger partial charge is 0.378 e. The second-order valence-corrected chi connectivity index (χ2v) is 22.3. The Morgan fingerprint density at radius 2 is 1.57 bits per heavy atom. The number of thiazole rings is 1. The number of esters is 1. The number of rotatable bonds is 20. The Morgan fingerprint density at radius 1 is 0.908 bits per heavy atom. The molecule has 1 saturated heterocycles. The number of nitrogens with one attached hydrogen (secondary N) is 1. The molecule has 2 amide bonds. The zero-order valence-electron chi connectivity index (χ0n) is 43.5. The van der Waals surface area contributed by atoms with Gasteiger partial charge in [0.15, 0.2) is 41.4 Å². The number of ketones is 1. The molecule has 76 heavy (non-hydrogen) atoms. The average molecular weight is 1090 g/mol. The van der Waals surface area contributed by atoms with E-state index in [4.69, 9.17) is 52.8 Å². The molecule has 1 N–H and O–H groups in total. The molecule has 5 aromatic rings. The van der Waals surface area contributed by atoms with Crippen molar-refractivity contribution in [2.24, 2.45) is 11.1 Å². The fraction of sp³-hybridized carbons (Fsp3) is 0.382. The van der Waals surface area contributed by atoms with Crippen molar-refractivity contribution in [1.82, 2.24) is 9.88 Å². The maximum atomic E-state index is 14.3. The molecule has 8 rings (SSSR count). The molecule has 2 radical (unpaired) electrons. The average Bonchev–Trinajstić information content (AvgIpc) is 3.87. The Bertz CT molecular complexity index is 3100. The molecule has 2 aromatic heterocycles. The lowest BCUT2D eigenvalue weighted by Crippen LogP contribution is -2.62. The largest absolute Gasteiger partial charge is 0.539 e. The van der Waals surface area contributed by atoms with Crippen molar-refractivity contribution < 1.29 is 61.7 Å². The Labute approximate surface area is 455 Å². The van der Waals surface area contributed by atoms with Crippen LogP contribution in [0.4, 0.5) is 5.69 Å². The number of fused-ring (bicyclic) bond motifs is 2. The predicted molar refractivity (Wildman–Crippen MR) is 287 cm³/mol. The fourth-order valence-electron chi connectivity index (χ4n) is 8.82. The molecule has 2 aliphatic heterocycles. The van der Waals surface area contributed by atoms with E-state index in [2.05, 4.69) is 15.5 Å². The summed E-state index contributed by atoms with van der Waals surface area (Å²) < 4.78 is 35.4. The normalized spacial score (nSPS) is 16.4. The summed E-state index contributed by atoms with van der Waals surface area (Å²) in [5.41, 5.74) is 2.68. The Kier molecular flexibility index (Phi) is 17.2. The minimum absolute atomic E-state index is 0.0110. The van der Waals surface area contributed by atoms with Crippen LogP contribution in [0.25, 0.3) is 0 Å². The van der Waals surface area contributed by atoms with Crippen molar-refractivity contribution in [3.63, 3.8) is 0 Å². The van der Waals surface area contributed by atoms with Crippen LogP contribution in [0.1, 0.15) is 97.3 Å². The van der Waals surface area contributed by atoms with Crippen LogP contribution in [-0.2, 0) is 66.0 Å². The van der Waals surface area contributed by atoms with Crippen molar-refractivity contribution in [1.29, 1.82) is 0 Å². The molecule has 1 fully saturated rings. The predicted octanol–water partition coefficient (Wildman–Crippen LogP) is 8.61. The molecule has 3 aromatic carbocycles. The quantitative estimate of drug-likeness (QED) is 0.0194. The van der Waals surface area contributed by atoms with E-state index in [0.717, 1.165) is 35.2 Å². The van der Waals surface area contributed by atoms with Gasteiger partial charge in [-0.05, 0) is 108 Å². The highest BCUT2D eigenvalue weighted by atomic mass is 35.5. The van der Waals surface area contributed by atoms with Gasteiger partial charge in [0.25, 0.3) is 5.91 Å². The zero-order valence-corrected chi connectivity index (χ0v) is 45.9. The van der Waals surface area contributed by atoms with Gasteiger partial charge < -0.3 is 38.5 Å². The standard InChI is InChI=1S/C55H57BClN5O12S2/c1-31-58-41(30-75-31)46(60-74-55(5,6)53(67)72-54(2,3)4)43(63)25-39-50(65)62-47(52(66)73-56)34(29-76-51(39)62)26-61-24-23-40(37-11-9-10-12-42(37)61)59-49(64)38-21-22-44(70-27-32-13-17-35(68-7)18-14-32)48(45(38)57)71-28-33-15-19-36(69-8)20-16-33/h13-24,30,39,51H,9-12,25-29H2,1-8H3/p+1/b60-46-/t39-,51-/m1/s1. The molecule has 1 aliphatic carbocycles. The number of amides is 2. The summed E-state index contributed by atoms with van der Waals surface area (Å²) in [6.07, 6.45) is 4.66. The summed E-state index contributed by atoms with van der Waals surface area (Å²) in [6.45, 7) is 10.4. The van der Waals surface area contributed by atoms with E-state index in [1.54, 1.807) is 65.5 Å². The summed E-state index contributed by atoms with van der Waals surface area (Å²) in [7, 11) is 8.70. The number of carbonyl (C=O) groups is 5. The molecule has 21 heteroatoms. The lowest BCUT2D eigenvalue weighted by atomic mass is 9.89. The number of aryl methyl sites for hydroxylation is 1. The summed E-state index contributed by atoms with van der Waals surface area (Å²) in [6, 6.07) is 19.9. The van der Waals surface area contributed by atoms with Crippen LogP contribution in [-0.4, -0.2) is 89.7 Å². The van der Waals surface area contributed by atoms with Gasteiger partial charge in [0.1, 0.15) is 41.7 Å². The van der Waals surface area contributed by atoms with Gasteiger partial charge in [0.2, 0.25) is 11.5 Å². The van der Waals surface area contributed by atoms with E-state index < -0.39 is 52.0 Å². The molecule has 396 valence electrons. The van der Waals surface area contributed by atoms with E-state index in [0.29, 0.717) is 52.1 Å². The molecular formula is C55H58BClN5O12S2+. The van der Waals surface area contributed by atoms with E-state index >= 15 is 0 Å². The van der Waals surface area contributed by atoms with E-state index in [1.165, 1.54) is 41.8 Å². The number of hydrogen-bond donors (Lipinski definition) is 1. The number of thioether (sulfide) groups is 1. The van der Waals surface area contributed by atoms with Gasteiger partial charge in [-0.3, -0.25) is 19.3 Å². The minimum atomic E-state index is -1.56. The van der Waals surface area contributed by atoms with Gasteiger partial charge in [-0.2, -0.15) is 4.57 Å². The van der Waals surface area contributed by atoms with E-state index in [1.807, 2.05) is 59.3 Å². The molecule has 0 saturated carbocycles. The molecule has 0 bridgehead atoms. The molecule has 0 spiro atoms. The van der Waals surface area contributed by atoms with Crippen molar-refractivity contribution >= 4 is 83.7 Å². The number of methoxy groups -OCH3 is 2. The number of pyridine rings is 1. The molecule has 17 nitrogen and oxygen atoms in total. The first-order valence-corrected chi connectivity index (χ1v) is 26.8. The monoisotopic (exact) mass is 1090 g/mol. The first-order valence-electron chi connectivity index (χ1n) is 24.5. The van der Waals surface area contributed by atoms with Gasteiger partial charge >= 0.3 is 20.0 Å². The number of oxime groups is 1. The lowest BCUT2D eigenvalue weighted by Gasteiger charge is -2.49. The third-order valence-electron chi connectivity index (χ3n) is 12.8. The third kappa shape index (κ3) is 12.5. The van der Waals surface area contributed by atoms with E-state index in [-0.39, 0.29) is 59.6 Å². The second-order valence-electron chi connectivity index (χ2n) is 19.8. The molecular weight excluding hydrogens is 1030 g/mol. The third-order valence-corrected chi connectivity index (χ3v) is 15.3. The van der Waals surface area contributed by atoms with Crippen molar-refractivity contribution in [2.45, 2.75) is 110 Å². The fourth-order valence-corrected chi connectivity index (χ4v) is 11.1. The van der Waals surface area contributed by atoms with Crippen molar-refractivity contribution in [3.05, 3.63) is 133 Å². The number of anilines is 1. The molecule has 4 heterocycles. The maximum absolute atomic E-state index is 14.3. The number of nitrogens with zero attached hydrogens (tertiary/aromatic N) is 4. The van der Waals surface area contributed by atoms with Crippen molar-refractivity contribution in [3.8, 4) is 23.0 Å². The van der Waals surface area contributed by atoms with Crippen molar-refractivity contribution in [2.75, 3.05) is 25.3 Å². The molecule has 3 aliphatic rings. The maximum Gasteiger partial charge on any atom is 0.378 e. The van der Waals surface area contributed by atoms with Crippen LogP contribution >= 0.6 is 34.7 Å². The van der Waals surface area contributed by atoms with Gasteiger partial charge in [-0.15, -0.1) is 23.1 Å². The van der Waals surface area contributed by atoms with Crippen LogP contribution < -0.4 is 28.8 Å². The Morgan fingerprint density at radius 3 is 2.18 bits per heavy atom. The zero-order chi connectivity index (χ0) is 54.5. The van der Waals surface area contributed by atoms with Gasteiger partial charge in [0, 0.05) is 41.2 Å². The summed E-state index contributed by atoms with van der Waals surface area (Å²) in [5, 5.41) is 9.03. The second kappa shape index (κ2) is 23.6. The Balaban J connectivity index is 1.01. The first kappa shape index (κ1) is 55.3. The number of halogens is 1. The van der Waals surface area contributed by atoms with E-state index in [9.17, 15) is 24.0 Å². The highest BCUT2D eigenvalue weighted by molar-refractivity contribution is 8.00. The summed E-state index contributed by atoms with van der Waals surface area (Å²) in [5.74, 6) is -1.61. The summed E-state index contributed by atoms with van der Waals surface area (Å²) >= 11 is 9.78. The first-order chi connectivity index (χ1) is 36.3. The number of Topliss-reactive ketones (excluding diaryl/α,β-unsaturated/α-hetero) is 1. The van der Waals surface area contributed by atoms with Crippen LogP contribution in [0.5, 0.6) is 23.0 Å². The Hall–Kier alpha value is -6.90. The molecule has 0 unspecified atom stereocenters. The SMILES string of the molecule is [B]OC(=O)C1=C(C[n+]2ccc(NC(=O)c3ccc(OCc4ccc(OC)cc4)c(OCc4ccc(OC)cc4)c3Cl)c3c2CCCC3)CS[C@@H]2[C@H](CC(=O)/C(=N\OC(C)(C)C(=O)OC(C)(C)C)c3csc(C)n3)C(=O)N12. The van der Waals surface area contributed by atoms with Crippen LogP contribution in [0.15, 0.2) is 94.7 Å². The highest BCUT2D eigenvalue weighted by Crippen LogP contribution is 2.46. The highest BCUT2D eigenvalue weighted by Gasteiger charge is 2.55. The molecule has 2 atom stereocenters. The topological polar surface area (TPSA) is 194 Å². The lowest BCUT2D eigenvalue weighted by molar-refractivity contribution is -0.697. The number of aromatic nitrogens is 2. The van der Waals surface area contributed by atoms with Gasteiger partial charge in [-0.25, -0.2) is 14.6 Å². The number of β-lactam (4-membered cyclic amide) rings is 1. The summed E-state index contributed by atoms with van der Waals surface area (Å²) in [4.78, 5) is 80.4. The van der Waals surface area contributed by atoms with Crippen LogP contribution in [0, 0.1) is 12.8 Å². The van der Waals surface area contributed by atoms with Crippen LogP contribution in [0.2, 0.25) is 5.02 Å². The van der Waals surface area contributed by atoms with Gasteiger partial charge in [0.05, 0.1) is 46.8 Å². The number of ether oxygens (including phenoxy) is 5.